The molecule has 0 radical (unpaired) electrons. The molecule has 3 nitrogen and oxygen atoms in total. The first-order valence-electron chi connectivity index (χ1n) is 2.19. The molecule has 0 bridgehead atoms. The summed E-state index contributed by atoms with van der Waals surface area (Å²) in [7, 11) is 0. The average Bonchev–Trinajstić information content (AvgIpc) is 1.77. The van der Waals surface area contributed by atoms with Gasteiger partial charge in [0.2, 0.25) is 0 Å². The summed E-state index contributed by atoms with van der Waals surface area (Å²) < 4.78 is 0. The summed E-state index contributed by atoms with van der Waals surface area (Å²) in [5, 5.41) is 4.78. The molecule has 1 unspecified atom stereocenters. The van der Waals surface area contributed by atoms with Gasteiger partial charge >= 0.3 is 0 Å². The lowest BCUT2D eigenvalue weighted by molar-refractivity contribution is 0.416. The van der Waals surface area contributed by atoms with Crippen LogP contribution in [0.5, 0.6) is 0 Å². The molecule has 0 fully saturated rings. The molecule has 0 aromatic rings. The van der Waals surface area contributed by atoms with Crippen LogP contribution in [0.15, 0.2) is 17.4 Å². The number of hydrazine groups is 1. The van der Waals surface area contributed by atoms with E-state index in [1.807, 2.05) is 0 Å². The average molecular weight is 132 g/mol. The second-order valence-electron chi connectivity index (χ2n) is 1.43. The van der Waals surface area contributed by atoms with Gasteiger partial charge in [0, 0.05) is 12.4 Å². The summed E-state index contributed by atoms with van der Waals surface area (Å²) >= 11 is 5.56. The molecule has 0 amide bonds. The van der Waals surface area contributed by atoms with Gasteiger partial charge in [0.1, 0.15) is 0 Å². The highest BCUT2D eigenvalue weighted by atomic mass is 35.5. The van der Waals surface area contributed by atoms with Crippen molar-refractivity contribution in [2.45, 2.75) is 5.38 Å². The third-order valence-corrected chi connectivity index (χ3v) is 1.02. The Balaban J connectivity index is 2.54. The van der Waals surface area contributed by atoms with Crippen LogP contribution in [0.3, 0.4) is 0 Å². The summed E-state index contributed by atoms with van der Waals surface area (Å²) in [5.74, 6) is 5.19. The molecule has 0 saturated heterocycles. The SMILES string of the molecule is NN1C=CC(Cl)C=N1. The Labute approximate surface area is 52.4 Å². The molecular weight excluding hydrogens is 126 g/mol. The normalized spacial score (nSPS) is 26.8. The van der Waals surface area contributed by atoms with Crippen molar-refractivity contribution in [2.24, 2.45) is 10.9 Å². The van der Waals surface area contributed by atoms with Crippen molar-refractivity contribution < 1.29 is 0 Å². The molecule has 0 saturated carbocycles. The van der Waals surface area contributed by atoms with Gasteiger partial charge in [-0.05, 0) is 6.08 Å². The van der Waals surface area contributed by atoms with E-state index >= 15 is 0 Å². The zero-order valence-corrected chi connectivity index (χ0v) is 4.92. The van der Waals surface area contributed by atoms with Gasteiger partial charge < -0.3 is 0 Å². The van der Waals surface area contributed by atoms with E-state index in [0.717, 1.165) is 0 Å². The first kappa shape index (κ1) is 5.59. The summed E-state index contributed by atoms with van der Waals surface area (Å²) in [6.45, 7) is 0. The van der Waals surface area contributed by atoms with Crippen molar-refractivity contribution in [3.8, 4) is 0 Å². The summed E-state index contributed by atoms with van der Waals surface area (Å²) in [6.07, 6.45) is 4.91. The minimum absolute atomic E-state index is 0.102. The molecular formula is C4H6ClN3. The predicted molar refractivity (Wildman–Crippen MR) is 33.3 cm³/mol. The number of hydrogen-bond acceptors (Lipinski definition) is 3. The van der Waals surface area contributed by atoms with Crippen LogP contribution in [0.2, 0.25) is 0 Å². The molecule has 0 spiro atoms. The van der Waals surface area contributed by atoms with Crippen molar-refractivity contribution in [2.75, 3.05) is 0 Å². The first-order valence-corrected chi connectivity index (χ1v) is 2.63. The molecule has 2 N–H and O–H groups in total. The Morgan fingerprint density at radius 3 is 2.88 bits per heavy atom. The molecule has 1 aliphatic rings. The lowest BCUT2D eigenvalue weighted by Gasteiger charge is -2.10. The Bertz CT molecular complexity index is 103. The van der Waals surface area contributed by atoms with Crippen LogP contribution in [-0.4, -0.2) is 16.7 Å². The Hall–Kier alpha value is -0.540. The van der Waals surface area contributed by atoms with Gasteiger partial charge in [-0.1, -0.05) is 0 Å². The molecule has 8 heavy (non-hydrogen) atoms. The van der Waals surface area contributed by atoms with Gasteiger partial charge in [-0.15, -0.1) is 11.6 Å². The largest absolute Gasteiger partial charge is 0.227 e. The highest BCUT2D eigenvalue weighted by Crippen LogP contribution is 1.99. The minimum Gasteiger partial charge on any atom is -0.227 e. The van der Waals surface area contributed by atoms with Crippen molar-refractivity contribution in [1.29, 1.82) is 0 Å². The van der Waals surface area contributed by atoms with Crippen molar-refractivity contribution in [3.63, 3.8) is 0 Å². The highest BCUT2D eigenvalue weighted by molar-refractivity contribution is 6.29. The van der Waals surface area contributed by atoms with Crippen molar-refractivity contribution in [1.82, 2.24) is 5.12 Å². The first-order chi connectivity index (χ1) is 3.79. The van der Waals surface area contributed by atoms with Crippen LogP contribution in [0.1, 0.15) is 0 Å². The number of rotatable bonds is 0. The van der Waals surface area contributed by atoms with Gasteiger partial charge in [-0.2, -0.15) is 5.10 Å². The Morgan fingerprint density at radius 2 is 2.50 bits per heavy atom. The molecule has 0 aromatic carbocycles. The standard InChI is InChI=1S/C4H6ClN3/c5-4-1-2-8(6)7-3-4/h1-4H,6H2. The van der Waals surface area contributed by atoms with Crippen LogP contribution >= 0.6 is 11.6 Å². The number of nitrogens with zero attached hydrogens (tertiary/aromatic N) is 2. The maximum atomic E-state index is 5.56. The molecule has 1 aliphatic heterocycles. The summed E-state index contributed by atoms with van der Waals surface area (Å²) in [4.78, 5) is 0. The molecule has 0 aromatic heterocycles. The lowest BCUT2D eigenvalue weighted by Crippen LogP contribution is -2.22. The Morgan fingerprint density at radius 1 is 1.75 bits per heavy atom. The van der Waals surface area contributed by atoms with E-state index in [0.29, 0.717) is 0 Å². The zero-order chi connectivity index (χ0) is 5.98. The van der Waals surface area contributed by atoms with E-state index in [1.54, 1.807) is 18.5 Å². The Kier molecular flexibility index (Phi) is 1.50. The molecule has 0 aliphatic carbocycles. The second-order valence-corrected chi connectivity index (χ2v) is 1.93. The van der Waals surface area contributed by atoms with Crippen molar-refractivity contribution >= 4 is 17.8 Å². The smallest absolute Gasteiger partial charge is 0.0904 e. The van der Waals surface area contributed by atoms with Gasteiger partial charge in [-0.3, -0.25) is 0 Å². The summed E-state index contributed by atoms with van der Waals surface area (Å²) in [5.41, 5.74) is 0. The number of hydrogen-bond donors (Lipinski definition) is 1. The lowest BCUT2D eigenvalue weighted by atomic mass is 10.4. The van der Waals surface area contributed by atoms with Crippen LogP contribution in [-0.2, 0) is 0 Å². The predicted octanol–water partition coefficient (Wildman–Crippen LogP) is 0.283. The number of alkyl halides is 1. The maximum Gasteiger partial charge on any atom is 0.0904 e. The number of allylic oxidation sites excluding steroid dienone is 1. The molecule has 1 rings (SSSR count). The van der Waals surface area contributed by atoms with Crippen LogP contribution in [0.4, 0.5) is 0 Å². The number of nitrogens with two attached hydrogens (primary N) is 1. The van der Waals surface area contributed by atoms with Crippen LogP contribution < -0.4 is 5.84 Å². The fourth-order valence-corrected chi connectivity index (χ4v) is 0.515. The topological polar surface area (TPSA) is 41.6 Å². The van der Waals surface area contributed by atoms with E-state index in [-0.39, 0.29) is 5.38 Å². The van der Waals surface area contributed by atoms with Crippen LogP contribution in [0, 0.1) is 0 Å². The molecule has 4 heteroatoms. The maximum absolute atomic E-state index is 5.56. The second kappa shape index (κ2) is 2.15. The molecule has 1 atom stereocenters. The quantitative estimate of drug-likeness (QED) is 0.379. The minimum atomic E-state index is -0.102. The fraction of sp³-hybridized carbons (Fsp3) is 0.250. The van der Waals surface area contributed by atoms with Crippen LogP contribution in [0.25, 0.3) is 0 Å². The summed E-state index contributed by atoms with van der Waals surface area (Å²) in [6, 6.07) is 0. The fourth-order valence-electron chi connectivity index (χ4n) is 0.399. The van der Waals surface area contributed by atoms with E-state index in [4.69, 9.17) is 17.4 Å². The third kappa shape index (κ3) is 1.21. The number of halogens is 1. The van der Waals surface area contributed by atoms with Gasteiger partial charge in [0.15, 0.2) is 0 Å². The van der Waals surface area contributed by atoms with E-state index in [1.165, 1.54) is 5.12 Å². The monoisotopic (exact) mass is 131 g/mol. The van der Waals surface area contributed by atoms with Gasteiger partial charge in [0.05, 0.1) is 5.38 Å². The van der Waals surface area contributed by atoms with Gasteiger partial charge in [-0.25, -0.2) is 11.0 Å². The highest BCUT2D eigenvalue weighted by Gasteiger charge is 1.99. The number of hydrazone groups is 1. The molecule has 44 valence electrons. The van der Waals surface area contributed by atoms with Gasteiger partial charge in [0.25, 0.3) is 0 Å². The van der Waals surface area contributed by atoms with E-state index in [2.05, 4.69) is 5.10 Å². The van der Waals surface area contributed by atoms with E-state index in [9.17, 15) is 0 Å². The van der Waals surface area contributed by atoms with E-state index < -0.39 is 0 Å². The van der Waals surface area contributed by atoms with Crippen molar-refractivity contribution in [3.05, 3.63) is 12.3 Å². The molecule has 1 heterocycles. The zero-order valence-electron chi connectivity index (χ0n) is 4.16. The third-order valence-electron chi connectivity index (χ3n) is 0.765.